The fraction of sp³-hybridized carbons (Fsp3) is 1.00. The van der Waals surface area contributed by atoms with Gasteiger partial charge in [0, 0.05) is 0 Å². The monoisotopic (exact) mass is 430 g/mol. The molecule has 0 N–H and O–H groups in total. The van der Waals surface area contributed by atoms with E-state index in [1.54, 1.807) is 0 Å². The first-order valence-corrected chi connectivity index (χ1v) is 12.7. The quantitative estimate of drug-likeness (QED) is 0.112. The molecule has 0 saturated carbocycles. The van der Waals surface area contributed by atoms with Crippen molar-refractivity contribution in [2.45, 2.75) is 128 Å². The van der Waals surface area contributed by atoms with Gasteiger partial charge in [0.05, 0.1) is 6.61 Å². The number of rotatable bonds is 20. The van der Waals surface area contributed by atoms with Crippen LogP contribution in [-0.4, -0.2) is 20.5 Å². The SMILES string of the molecule is CCCCCCCCCCCCCCCCCCCCOS(=O)(=O)C(F)(F)F. The summed E-state index contributed by atoms with van der Waals surface area (Å²) in [6.07, 6.45) is 21.5. The smallest absolute Gasteiger partial charge is 0.263 e. The van der Waals surface area contributed by atoms with Crippen LogP contribution in [0.1, 0.15) is 122 Å². The lowest BCUT2D eigenvalue weighted by Gasteiger charge is -2.08. The molecule has 0 unspecified atom stereocenters. The molecule has 0 bridgehead atoms. The third-order valence-corrected chi connectivity index (χ3v) is 6.06. The summed E-state index contributed by atoms with van der Waals surface area (Å²) >= 11 is 0. The first-order valence-electron chi connectivity index (χ1n) is 11.3. The van der Waals surface area contributed by atoms with E-state index in [0.29, 0.717) is 12.8 Å². The Labute approximate surface area is 170 Å². The molecule has 170 valence electrons. The predicted molar refractivity (Wildman–Crippen MR) is 110 cm³/mol. The summed E-state index contributed by atoms with van der Waals surface area (Å²) in [5.41, 5.74) is -5.32. The van der Waals surface area contributed by atoms with Crippen LogP contribution in [0.3, 0.4) is 0 Å². The molecule has 0 heterocycles. The lowest BCUT2D eigenvalue weighted by Crippen LogP contribution is -2.25. The molecule has 3 nitrogen and oxygen atoms in total. The van der Waals surface area contributed by atoms with E-state index < -0.39 is 15.6 Å². The number of halogens is 3. The zero-order valence-corrected chi connectivity index (χ0v) is 18.5. The lowest BCUT2D eigenvalue weighted by molar-refractivity contribution is -0.0542. The molecule has 0 spiro atoms. The van der Waals surface area contributed by atoms with Crippen molar-refractivity contribution in [3.05, 3.63) is 0 Å². The minimum Gasteiger partial charge on any atom is -0.263 e. The van der Waals surface area contributed by atoms with Gasteiger partial charge in [0.25, 0.3) is 0 Å². The fourth-order valence-electron chi connectivity index (χ4n) is 3.24. The first-order chi connectivity index (χ1) is 13.3. The maximum absolute atomic E-state index is 12.1. The van der Waals surface area contributed by atoms with Crippen LogP contribution in [0.4, 0.5) is 13.2 Å². The van der Waals surface area contributed by atoms with Gasteiger partial charge >= 0.3 is 15.6 Å². The van der Waals surface area contributed by atoms with Crippen molar-refractivity contribution < 1.29 is 25.8 Å². The van der Waals surface area contributed by atoms with Crippen molar-refractivity contribution >= 4 is 10.1 Å². The van der Waals surface area contributed by atoms with Crippen molar-refractivity contribution in [1.82, 2.24) is 0 Å². The van der Waals surface area contributed by atoms with Gasteiger partial charge in [-0.3, -0.25) is 4.18 Å². The molecular weight excluding hydrogens is 389 g/mol. The predicted octanol–water partition coefficient (Wildman–Crippen LogP) is 7.89. The van der Waals surface area contributed by atoms with Gasteiger partial charge in [0.15, 0.2) is 0 Å². The van der Waals surface area contributed by atoms with E-state index in [1.165, 1.54) is 83.5 Å². The highest BCUT2D eigenvalue weighted by molar-refractivity contribution is 7.87. The molecule has 0 aromatic carbocycles. The van der Waals surface area contributed by atoms with Gasteiger partial charge in [-0.25, -0.2) is 0 Å². The molecule has 0 aromatic rings. The summed E-state index contributed by atoms with van der Waals surface area (Å²) in [4.78, 5) is 0. The molecule has 0 aliphatic heterocycles. The molecule has 0 saturated heterocycles. The van der Waals surface area contributed by atoms with Crippen LogP contribution in [0.25, 0.3) is 0 Å². The summed E-state index contributed by atoms with van der Waals surface area (Å²) in [7, 11) is -5.42. The van der Waals surface area contributed by atoms with E-state index in [9.17, 15) is 21.6 Å². The number of unbranched alkanes of at least 4 members (excludes halogenated alkanes) is 17. The van der Waals surface area contributed by atoms with Gasteiger partial charge < -0.3 is 0 Å². The van der Waals surface area contributed by atoms with Crippen LogP contribution < -0.4 is 0 Å². The maximum atomic E-state index is 12.1. The van der Waals surface area contributed by atoms with E-state index in [0.717, 1.165) is 19.3 Å². The Kier molecular flexibility index (Phi) is 17.4. The van der Waals surface area contributed by atoms with E-state index in [1.807, 2.05) is 0 Å². The zero-order valence-electron chi connectivity index (χ0n) is 17.7. The second-order valence-electron chi connectivity index (χ2n) is 7.73. The molecule has 0 radical (unpaired) electrons. The Morgan fingerprint density at radius 2 is 0.857 bits per heavy atom. The summed E-state index contributed by atoms with van der Waals surface area (Å²) in [5.74, 6) is 0. The Balaban J connectivity index is 3.20. The van der Waals surface area contributed by atoms with Crippen molar-refractivity contribution in [2.75, 3.05) is 6.61 Å². The van der Waals surface area contributed by atoms with E-state index in [4.69, 9.17) is 0 Å². The molecule has 0 aliphatic carbocycles. The molecule has 0 amide bonds. The van der Waals surface area contributed by atoms with Gasteiger partial charge in [-0.2, -0.15) is 21.6 Å². The number of hydrogen-bond donors (Lipinski definition) is 0. The average molecular weight is 431 g/mol. The highest BCUT2D eigenvalue weighted by Gasteiger charge is 2.47. The first kappa shape index (κ1) is 27.7. The van der Waals surface area contributed by atoms with Crippen molar-refractivity contribution in [2.24, 2.45) is 0 Å². The summed E-state index contributed by atoms with van der Waals surface area (Å²) < 4.78 is 61.5. The molecule has 0 atom stereocenters. The largest absolute Gasteiger partial charge is 0.523 e. The highest BCUT2D eigenvalue weighted by Crippen LogP contribution is 2.24. The molecular formula is C21H41F3O3S. The Hall–Kier alpha value is -0.300. The summed E-state index contributed by atoms with van der Waals surface area (Å²) in [6.45, 7) is 1.86. The second kappa shape index (κ2) is 17.5. The Morgan fingerprint density at radius 3 is 1.14 bits per heavy atom. The molecule has 0 rings (SSSR count). The topological polar surface area (TPSA) is 43.4 Å². The third-order valence-electron chi connectivity index (χ3n) is 5.02. The van der Waals surface area contributed by atoms with E-state index in [-0.39, 0.29) is 6.61 Å². The van der Waals surface area contributed by atoms with Gasteiger partial charge in [0.1, 0.15) is 0 Å². The van der Waals surface area contributed by atoms with Crippen molar-refractivity contribution in [1.29, 1.82) is 0 Å². The van der Waals surface area contributed by atoms with Crippen LogP contribution in [0.2, 0.25) is 0 Å². The second-order valence-corrected chi connectivity index (χ2v) is 9.34. The van der Waals surface area contributed by atoms with Crippen molar-refractivity contribution in [3.63, 3.8) is 0 Å². The van der Waals surface area contributed by atoms with Crippen LogP contribution in [0, 0.1) is 0 Å². The Bertz CT molecular complexity index is 437. The maximum Gasteiger partial charge on any atom is 0.523 e. The standard InChI is InChI=1S/C21H41F3O3S/c1-2-3-4-5-6-7-8-9-10-11-12-13-14-15-16-17-18-19-20-27-28(25,26)21(22,23)24/h2-20H2,1H3. The van der Waals surface area contributed by atoms with Crippen LogP contribution >= 0.6 is 0 Å². The average Bonchev–Trinajstić information content (AvgIpc) is 2.62. The highest BCUT2D eigenvalue weighted by atomic mass is 32.2. The summed E-state index contributed by atoms with van der Waals surface area (Å²) in [5, 5.41) is 0. The molecule has 0 aromatic heterocycles. The molecule has 28 heavy (non-hydrogen) atoms. The Morgan fingerprint density at radius 1 is 0.571 bits per heavy atom. The molecule has 0 aliphatic rings. The normalized spacial score (nSPS) is 12.6. The molecule has 0 fully saturated rings. The fourth-order valence-corrected chi connectivity index (χ4v) is 3.71. The van der Waals surface area contributed by atoms with Gasteiger partial charge in [-0.1, -0.05) is 116 Å². The molecule has 7 heteroatoms. The van der Waals surface area contributed by atoms with Crippen LogP contribution in [0.5, 0.6) is 0 Å². The lowest BCUT2D eigenvalue weighted by atomic mass is 10.0. The van der Waals surface area contributed by atoms with E-state index in [2.05, 4.69) is 11.1 Å². The van der Waals surface area contributed by atoms with Crippen LogP contribution in [0.15, 0.2) is 0 Å². The van der Waals surface area contributed by atoms with Gasteiger partial charge in [-0.05, 0) is 6.42 Å². The van der Waals surface area contributed by atoms with E-state index >= 15 is 0 Å². The van der Waals surface area contributed by atoms with Gasteiger partial charge in [0.2, 0.25) is 0 Å². The minimum absolute atomic E-state index is 0.341. The minimum atomic E-state index is -5.42. The van der Waals surface area contributed by atoms with Crippen LogP contribution in [-0.2, 0) is 14.3 Å². The van der Waals surface area contributed by atoms with Gasteiger partial charge in [-0.15, -0.1) is 0 Å². The number of alkyl halides is 3. The van der Waals surface area contributed by atoms with Crippen molar-refractivity contribution in [3.8, 4) is 0 Å². The summed E-state index contributed by atoms with van der Waals surface area (Å²) in [6, 6.07) is 0. The number of hydrogen-bond acceptors (Lipinski definition) is 3. The third kappa shape index (κ3) is 16.6. The zero-order chi connectivity index (χ0) is 21.1.